The minimum Gasteiger partial charge on any atom is -0.387 e. The molecule has 0 amide bonds. The van der Waals surface area contributed by atoms with Gasteiger partial charge in [0.25, 0.3) is 0 Å². The fourth-order valence-electron chi connectivity index (χ4n) is 5.55. The van der Waals surface area contributed by atoms with Crippen LogP contribution in [0, 0.1) is 0 Å². The number of nitrogens with one attached hydrogen (secondary N) is 2. The van der Waals surface area contributed by atoms with Crippen LogP contribution in [0.4, 0.5) is 11.5 Å². The molecule has 3 aliphatic rings. The van der Waals surface area contributed by atoms with Crippen molar-refractivity contribution in [1.29, 1.82) is 0 Å². The van der Waals surface area contributed by atoms with Crippen molar-refractivity contribution in [2.75, 3.05) is 24.5 Å². The van der Waals surface area contributed by atoms with Crippen molar-refractivity contribution in [3.05, 3.63) is 46.9 Å². The molecule has 1 fully saturated rings. The Hall–Kier alpha value is -1.44. The minimum atomic E-state index is -0.479. The summed E-state index contributed by atoms with van der Waals surface area (Å²) in [5.41, 5.74) is 6.18. The molecule has 5 rings (SSSR count). The van der Waals surface area contributed by atoms with Gasteiger partial charge in [-0.2, -0.15) is 0 Å². The monoisotopic (exact) mass is 465 g/mol. The molecule has 2 aromatic rings. The second kappa shape index (κ2) is 9.20. The molecule has 3 N–H and O–H groups in total. The number of aliphatic hydroxyl groups excluding tert-OH is 1. The van der Waals surface area contributed by atoms with E-state index >= 15 is 0 Å². The molecule has 0 bridgehead atoms. The second-order valence-electron chi connectivity index (χ2n) is 9.29. The molecule has 0 unspecified atom stereocenters. The molecular formula is C23H33Cl2N5O. The lowest BCUT2D eigenvalue weighted by Gasteiger charge is -2.27. The van der Waals surface area contributed by atoms with Crippen LogP contribution in [-0.4, -0.2) is 40.8 Å². The highest BCUT2D eigenvalue weighted by atomic mass is 35.5. The van der Waals surface area contributed by atoms with Crippen molar-refractivity contribution in [1.82, 2.24) is 20.6 Å². The summed E-state index contributed by atoms with van der Waals surface area (Å²) in [5.74, 6) is 1.25. The van der Waals surface area contributed by atoms with Crippen LogP contribution in [0.1, 0.15) is 68.0 Å². The van der Waals surface area contributed by atoms with Gasteiger partial charge in [0.15, 0.2) is 0 Å². The lowest BCUT2D eigenvalue weighted by molar-refractivity contribution is 0.170. The van der Waals surface area contributed by atoms with Crippen molar-refractivity contribution in [2.24, 2.45) is 0 Å². The molecule has 1 aromatic carbocycles. The van der Waals surface area contributed by atoms with Crippen LogP contribution in [0.2, 0.25) is 0 Å². The Morgan fingerprint density at radius 1 is 1.29 bits per heavy atom. The van der Waals surface area contributed by atoms with Crippen LogP contribution in [0.15, 0.2) is 24.5 Å². The predicted molar refractivity (Wildman–Crippen MR) is 129 cm³/mol. The van der Waals surface area contributed by atoms with Gasteiger partial charge in [0, 0.05) is 42.3 Å². The first-order chi connectivity index (χ1) is 14.0. The van der Waals surface area contributed by atoms with E-state index in [0.29, 0.717) is 6.04 Å². The Labute approximate surface area is 197 Å². The average Bonchev–Trinajstić information content (AvgIpc) is 3.39. The maximum atomic E-state index is 10.5. The molecule has 170 valence electrons. The molecule has 1 saturated heterocycles. The Balaban J connectivity index is 0.00000136. The number of aromatic nitrogens is 2. The number of benzene rings is 1. The summed E-state index contributed by atoms with van der Waals surface area (Å²) in [5, 5.41) is 17.7. The average molecular weight is 466 g/mol. The maximum Gasteiger partial charge on any atom is 0.140 e. The predicted octanol–water partition coefficient (Wildman–Crippen LogP) is 3.74. The summed E-state index contributed by atoms with van der Waals surface area (Å²) in [6, 6.07) is 7.14. The van der Waals surface area contributed by atoms with E-state index in [2.05, 4.69) is 59.5 Å². The van der Waals surface area contributed by atoms with E-state index in [9.17, 15) is 5.11 Å². The first-order valence-electron chi connectivity index (χ1n) is 10.9. The lowest BCUT2D eigenvalue weighted by atomic mass is 9.79. The van der Waals surface area contributed by atoms with E-state index in [1.54, 1.807) is 6.33 Å². The number of aliphatic hydroxyl groups is 1. The highest BCUT2D eigenvalue weighted by Gasteiger charge is 2.48. The number of halogens is 2. The van der Waals surface area contributed by atoms with Gasteiger partial charge in [0.05, 0.1) is 11.8 Å². The quantitative estimate of drug-likeness (QED) is 0.638. The van der Waals surface area contributed by atoms with Crippen LogP contribution in [0.5, 0.6) is 0 Å². The zero-order valence-corrected chi connectivity index (χ0v) is 20.0. The SMILES string of the molecule is CC(C)NCc1cccc2c1[C@@]1(CCNC1)CN2c1ncnc2c1[C@H](C)C[C@H]2O.Cl.Cl. The normalized spacial score (nSPS) is 26.0. The third-order valence-corrected chi connectivity index (χ3v) is 6.89. The Bertz CT molecular complexity index is 932. The number of anilines is 2. The van der Waals surface area contributed by atoms with Crippen LogP contribution in [0.3, 0.4) is 0 Å². The standard InChI is InChI=1S/C23H31N5O.2ClH/c1-14(2)25-10-16-5-4-6-17-20(16)23(7-8-24-11-23)12-28(17)22-19-15(3)9-18(29)21(19)26-13-27-22;;/h4-6,13-15,18,24-25,29H,7-12H2,1-3H3;2*1H/t15-,18-,23-;;/m1../s1. The van der Waals surface area contributed by atoms with E-state index in [1.807, 2.05) is 0 Å². The van der Waals surface area contributed by atoms with E-state index in [4.69, 9.17) is 4.98 Å². The number of rotatable bonds is 4. The summed E-state index contributed by atoms with van der Waals surface area (Å²) in [4.78, 5) is 11.6. The van der Waals surface area contributed by atoms with Crippen LogP contribution in [0.25, 0.3) is 0 Å². The molecule has 6 nitrogen and oxygen atoms in total. The van der Waals surface area contributed by atoms with Gasteiger partial charge in [0.1, 0.15) is 12.1 Å². The minimum absolute atomic E-state index is 0. The van der Waals surface area contributed by atoms with E-state index in [-0.39, 0.29) is 36.1 Å². The maximum absolute atomic E-state index is 10.5. The molecule has 1 spiro atoms. The first kappa shape index (κ1) is 24.2. The Morgan fingerprint density at radius 2 is 2.10 bits per heavy atom. The number of fused-ring (bicyclic) bond motifs is 3. The molecule has 31 heavy (non-hydrogen) atoms. The first-order valence-corrected chi connectivity index (χ1v) is 10.9. The summed E-state index contributed by atoms with van der Waals surface area (Å²) in [6.45, 7) is 10.4. The Kier molecular flexibility index (Phi) is 7.18. The smallest absolute Gasteiger partial charge is 0.140 e. The van der Waals surface area contributed by atoms with E-state index in [0.717, 1.165) is 56.1 Å². The zero-order valence-electron chi connectivity index (χ0n) is 18.4. The summed E-state index contributed by atoms with van der Waals surface area (Å²) in [7, 11) is 0. The van der Waals surface area contributed by atoms with Crippen LogP contribution >= 0.6 is 24.8 Å². The molecule has 2 aliphatic heterocycles. The molecule has 0 radical (unpaired) electrons. The second-order valence-corrected chi connectivity index (χ2v) is 9.29. The molecule has 3 atom stereocenters. The summed E-state index contributed by atoms with van der Waals surface area (Å²) >= 11 is 0. The van der Waals surface area contributed by atoms with Crippen molar-refractivity contribution in [2.45, 2.75) is 63.6 Å². The molecule has 1 aliphatic carbocycles. The fourth-order valence-corrected chi connectivity index (χ4v) is 5.55. The molecule has 8 heteroatoms. The van der Waals surface area contributed by atoms with Crippen molar-refractivity contribution < 1.29 is 5.11 Å². The third kappa shape index (κ3) is 3.93. The third-order valence-electron chi connectivity index (χ3n) is 6.89. The number of hydrogen-bond donors (Lipinski definition) is 3. The van der Waals surface area contributed by atoms with Crippen molar-refractivity contribution >= 4 is 36.3 Å². The van der Waals surface area contributed by atoms with Gasteiger partial charge in [-0.1, -0.05) is 32.9 Å². The van der Waals surface area contributed by atoms with Gasteiger partial charge in [-0.3, -0.25) is 0 Å². The van der Waals surface area contributed by atoms with Gasteiger partial charge in [0.2, 0.25) is 0 Å². The fraction of sp³-hybridized carbons (Fsp3) is 0.565. The van der Waals surface area contributed by atoms with Gasteiger partial charge < -0.3 is 20.6 Å². The van der Waals surface area contributed by atoms with Crippen molar-refractivity contribution in [3.8, 4) is 0 Å². The van der Waals surface area contributed by atoms with Crippen LogP contribution in [-0.2, 0) is 12.0 Å². The lowest BCUT2D eigenvalue weighted by Crippen LogP contribution is -2.35. The number of nitrogens with zero attached hydrogens (tertiary/aromatic N) is 3. The zero-order chi connectivity index (χ0) is 20.2. The van der Waals surface area contributed by atoms with Gasteiger partial charge in [-0.25, -0.2) is 9.97 Å². The van der Waals surface area contributed by atoms with Gasteiger partial charge >= 0.3 is 0 Å². The molecule has 0 saturated carbocycles. The molecular weight excluding hydrogens is 433 g/mol. The summed E-state index contributed by atoms with van der Waals surface area (Å²) in [6.07, 6.45) is 3.01. The van der Waals surface area contributed by atoms with Gasteiger partial charge in [-0.05, 0) is 42.5 Å². The van der Waals surface area contributed by atoms with Gasteiger partial charge in [-0.15, -0.1) is 24.8 Å². The largest absolute Gasteiger partial charge is 0.387 e. The van der Waals surface area contributed by atoms with E-state index in [1.165, 1.54) is 16.8 Å². The van der Waals surface area contributed by atoms with Crippen LogP contribution < -0.4 is 15.5 Å². The van der Waals surface area contributed by atoms with Crippen molar-refractivity contribution in [3.63, 3.8) is 0 Å². The highest BCUT2D eigenvalue weighted by molar-refractivity contribution is 5.85. The Morgan fingerprint density at radius 3 is 2.81 bits per heavy atom. The van der Waals surface area contributed by atoms with E-state index < -0.39 is 6.10 Å². The molecule has 1 aromatic heterocycles. The number of hydrogen-bond acceptors (Lipinski definition) is 6. The molecule has 3 heterocycles. The highest BCUT2D eigenvalue weighted by Crippen LogP contribution is 2.51. The summed E-state index contributed by atoms with van der Waals surface area (Å²) < 4.78 is 0. The topological polar surface area (TPSA) is 73.3 Å².